The number of piperidine rings is 1. The van der Waals surface area contributed by atoms with Crippen LogP contribution in [0.1, 0.15) is 19.3 Å². The molecular formula is C24H32BrN5O2. The third kappa shape index (κ3) is 5.53. The fourth-order valence-corrected chi connectivity index (χ4v) is 4.79. The summed E-state index contributed by atoms with van der Waals surface area (Å²) in [5.74, 6) is 1.63. The topological polar surface area (TPSA) is 52.2 Å². The van der Waals surface area contributed by atoms with Crippen LogP contribution in [0.25, 0.3) is 0 Å². The lowest BCUT2D eigenvalue weighted by Crippen LogP contribution is -2.51. The van der Waals surface area contributed by atoms with Gasteiger partial charge in [0.1, 0.15) is 16.2 Å². The van der Waals surface area contributed by atoms with Crippen molar-refractivity contribution in [3.05, 3.63) is 47.1 Å². The number of anilines is 2. The quantitative estimate of drug-likeness (QED) is 0.558. The number of likely N-dealkylation sites (tertiary alicyclic amines) is 1. The summed E-state index contributed by atoms with van der Waals surface area (Å²) in [6.07, 6.45) is 3.36. The van der Waals surface area contributed by atoms with E-state index in [4.69, 9.17) is 4.74 Å². The maximum Gasteiger partial charge on any atom is 0.325 e. The smallest absolute Gasteiger partial charge is 0.325 e. The summed E-state index contributed by atoms with van der Waals surface area (Å²) in [5, 5.41) is 0. The second-order valence-electron chi connectivity index (χ2n) is 8.30. The summed E-state index contributed by atoms with van der Waals surface area (Å²) < 4.78 is 6.28. The minimum atomic E-state index is 0.0722. The fraction of sp³-hybridized carbons (Fsp3) is 0.500. The van der Waals surface area contributed by atoms with Gasteiger partial charge in [0.25, 0.3) is 0 Å². The summed E-state index contributed by atoms with van der Waals surface area (Å²) in [4.78, 5) is 26.6. The number of para-hydroxylation sites is 2. The Labute approximate surface area is 199 Å². The van der Waals surface area contributed by atoms with Gasteiger partial charge in [-0.05, 0) is 59.5 Å². The predicted octanol–water partition coefficient (Wildman–Crippen LogP) is 4.09. The number of halogens is 1. The van der Waals surface area contributed by atoms with Crippen molar-refractivity contribution >= 4 is 33.5 Å². The standard InChI is InChI=1S/C24H32BrN5O2/c1-32-21-9-4-3-8-20(21)28-17-14-27(15-18-28)16-19-30(23-11-7-10-22(25)26-23)24(31)29-12-5-2-6-13-29/h3-4,7-11H,2,5-6,12-19H2,1H3. The lowest BCUT2D eigenvalue weighted by Gasteiger charge is -2.38. The van der Waals surface area contributed by atoms with Crippen LogP contribution >= 0.6 is 15.9 Å². The molecule has 4 rings (SSSR count). The van der Waals surface area contributed by atoms with Crippen LogP contribution in [0.15, 0.2) is 47.1 Å². The first-order valence-electron chi connectivity index (χ1n) is 11.4. The number of carbonyl (C=O) groups excluding carboxylic acids is 1. The molecule has 3 heterocycles. The average molecular weight is 502 g/mol. The molecule has 0 saturated carbocycles. The van der Waals surface area contributed by atoms with Crippen molar-refractivity contribution in [2.75, 3.05) is 69.3 Å². The first-order chi connectivity index (χ1) is 15.7. The van der Waals surface area contributed by atoms with Gasteiger partial charge in [0, 0.05) is 52.4 Å². The van der Waals surface area contributed by atoms with E-state index in [0.29, 0.717) is 12.4 Å². The maximum absolute atomic E-state index is 13.3. The number of piperazine rings is 1. The number of hydrogen-bond acceptors (Lipinski definition) is 5. The van der Waals surface area contributed by atoms with Gasteiger partial charge >= 0.3 is 6.03 Å². The van der Waals surface area contributed by atoms with Gasteiger partial charge in [-0.3, -0.25) is 9.80 Å². The molecule has 2 aliphatic heterocycles. The Morgan fingerprint density at radius 2 is 1.75 bits per heavy atom. The Morgan fingerprint density at radius 1 is 1.00 bits per heavy atom. The van der Waals surface area contributed by atoms with Gasteiger partial charge in [0.15, 0.2) is 0 Å². The Balaban J connectivity index is 1.38. The number of aromatic nitrogens is 1. The average Bonchev–Trinajstić information content (AvgIpc) is 2.85. The third-order valence-corrected chi connectivity index (χ3v) is 6.71. The normalized spacial score (nSPS) is 17.3. The number of pyridine rings is 1. The van der Waals surface area contributed by atoms with Crippen LogP contribution < -0.4 is 14.5 Å². The van der Waals surface area contributed by atoms with E-state index in [1.165, 1.54) is 6.42 Å². The van der Waals surface area contributed by atoms with Crippen molar-refractivity contribution in [1.82, 2.24) is 14.8 Å². The summed E-state index contributed by atoms with van der Waals surface area (Å²) in [6, 6.07) is 14.0. The lowest BCUT2D eigenvalue weighted by atomic mass is 10.1. The molecule has 2 aromatic rings. The van der Waals surface area contributed by atoms with Gasteiger partial charge in [-0.1, -0.05) is 18.2 Å². The molecule has 0 N–H and O–H groups in total. The van der Waals surface area contributed by atoms with Crippen molar-refractivity contribution in [3.8, 4) is 5.75 Å². The summed E-state index contributed by atoms with van der Waals surface area (Å²) >= 11 is 3.45. The number of nitrogens with zero attached hydrogens (tertiary/aromatic N) is 5. The first kappa shape index (κ1) is 22.9. The molecule has 0 radical (unpaired) electrons. The van der Waals surface area contributed by atoms with Crippen molar-refractivity contribution < 1.29 is 9.53 Å². The Hall–Kier alpha value is -2.32. The maximum atomic E-state index is 13.3. The number of amides is 2. The molecule has 8 heteroatoms. The Bertz CT molecular complexity index is 897. The van der Waals surface area contributed by atoms with E-state index in [0.717, 1.165) is 74.7 Å². The van der Waals surface area contributed by atoms with Crippen molar-refractivity contribution in [3.63, 3.8) is 0 Å². The number of urea groups is 1. The Kier molecular flexibility index (Phi) is 7.86. The minimum Gasteiger partial charge on any atom is -0.495 e. The number of hydrogen-bond donors (Lipinski definition) is 0. The highest BCUT2D eigenvalue weighted by atomic mass is 79.9. The second-order valence-corrected chi connectivity index (χ2v) is 9.11. The SMILES string of the molecule is COc1ccccc1N1CCN(CCN(C(=O)N2CCCCC2)c2cccc(Br)n2)CC1. The van der Waals surface area contributed by atoms with Crippen molar-refractivity contribution in [1.29, 1.82) is 0 Å². The van der Waals surface area contributed by atoms with E-state index < -0.39 is 0 Å². The third-order valence-electron chi connectivity index (χ3n) is 6.27. The molecule has 1 aromatic heterocycles. The van der Waals surface area contributed by atoms with Crippen molar-refractivity contribution in [2.24, 2.45) is 0 Å². The van der Waals surface area contributed by atoms with Crippen LogP contribution in [0.4, 0.5) is 16.3 Å². The fourth-order valence-electron chi connectivity index (χ4n) is 4.46. The summed E-state index contributed by atoms with van der Waals surface area (Å²) in [5.41, 5.74) is 1.15. The first-order valence-corrected chi connectivity index (χ1v) is 12.2. The van der Waals surface area contributed by atoms with E-state index in [-0.39, 0.29) is 6.03 Å². The molecule has 1 aromatic carbocycles. The van der Waals surface area contributed by atoms with E-state index in [1.807, 2.05) is 40.1 Å². The van der Waals surface area contributed by atoms with Crippen LogP contribution in [0, 0.1) is 0 Å². The zero-order valence-corrected chi connectivity index (χ0v) is 20.3. The van der Waals surface area contributed by atoms with E-state index in [2.05, 4.69) is 42.8 Å². The van der Waals surface area contributed by atoms with Crippen LogP contribution in [-0.4, -0.2) is 80.3 Å². The van der Waals surface area contributed by atoms with Gasteiger partial charge < -0.3 is 14.5 Å². The van der Waals surface area contributed by atoms with E-state index in [9.17, 15) is 4.79 Å². The monoisotopic (exact) mass is 501 g/mol. The zero-order chi connectivity index (χ0) is 22.3. The highest BCUT2D eigenvalue weighted by molar-refractivity contribution is 9.10. The van der Waals surface area contributed by atoms with Crippen LogP contribution in [0.3, 0.4) is 0 Å². The van der Waals surface area contributed by atoms with Crippen LogP contribution in [0.5, 0.6) is 5.75 Å². The Morgan fingerprint density at radius 3 is 2.47 bits per heavy atom. The second kappa shape index (κ2) is 11.0. The van der Waals surface area contributed by atoms with Gasteiger partial charge in [-0.2, -0.15) is 0 Å². The molecule has 172 valence electrons. The number of ether oxygens (including phenoxy) is 1. The molecule has 32 heavy (non-hydrogen) atoms. The molecule has 0 spiro atoms. The number of methoxy groups -OCH3 is 1. The molecular weight excluding hydrogens is 470 g/mol. The van der Waals surface area contributed by atoms with Gasteiger partial charge in [0.05, 0.1) is 12.8 Å². The molecule has 0 unspecified atom stereocenters. The summed E-state index contributed by atoms with van der Waals surface area (Å²) in [7, 11) is 1.72. The van der Waals surface area contributed by atoms with E-state index >= 15 is 0 Å². The van der Waals surface area contributed by atoms with E-state index in [1.54, 1.807) is 7.11 Å². The highest BCUT2D eigenvalue weighted by Crippen LogP contribution is 2.28. The minimum absolute atomic E-state index is 0.0722. The molecule has 2 saturated heterocycles. The van der Waals surface area contributed by atoms with Gasteiger partial charge in [-0.25, -0.2) is 9.78 Å². The predicted molar refractivity (Wildman–Crippen MR) is 132 cm³/mol. The largest absolute Gasteiger partial charge is 0.495 e. The number of rotatable bonds is 6. The number of benzene rings is 1. The van der Waals surface area contributed by atoms with Gasteiger partial charge in [-0.15, -0.1) is 0 Å². The zero-order valence-electron chi connectivity index (χ0n) is 18.8. The van der Waals surface area contributed by atoms with Crippen LogP contribution in [-0.2, 0) is 0 Å². The highest BCUT2D eigenvalue weighted by Gasteiger charge is 2.26. The molecule has 2 amide bonds. The molecule has 7 nitrogen and oxygen atoms in total. The van der Waals surface area contributed by atoms with Crippen molar-refractivity contribution in [2.45, 2.75) is 19.3 Å². The van der Waals surface area contributed by atoms with Crippen LogP contribution in [0.2, 0.25) is 0 Å². The molecule has 2 fully saturated rings. The number of carbonyl (C=O) groups is 1. The molecule has 0 aliphatic carbocycles. The molecule has 0 atom stereocenters. The summed E-state index contributed by atoms with van der Waals surface area (Å²) in [6.45, 7) is 6.92. The molecule has 0 bridgehead atoms. The molecule has 2 aliphatic rings. The lowest BCUT2D eigenvalue weighted by molar-refractivity contribution is 0.190. The van der Waals surface area contributed by atoms with Gasteiger partial charge in [0.2, 0.25) is 0 Å².